The lowest BCUT2D eigenvalue weighted by Crippen LogP contribution is -2.38. The summed E-state index contributed by atoms with van der Waals surface area (Å²) in [5, 5.41) is 13.4. The van der Waals surface area contributed by atoms with Crippen LogP contribution in [-0.4, -0.2) is 29.9 Å². The topological polar surface area (TPSA) is 102 Å². The van der Waals surface area contributed by atoms with Crippen LogP contribution in [0.2, 0.25) is 0 Å². The number of benzene rings is 2. The standard InChI is InChI=1S/C18H15N3O5/c1-2-9-20-15-8-5-13(10-16(15)26-11-17(20)22)19-18(23)12-3-6-14(7-4-12)21(24)25/h2-8,10H,1,9,11H2,(H,19,23). The van der Waals surface area contributed by atoms with Crippen molar-refractivity contribution in [2.45, 2.75) is 0 Å². The molecule has 0 bridgehead atoms. The van der Waals surface area contributed by atoms with E-state index < -0.39 is 10.8 Å². The number of fused-ring (bicyclic) bond motifs is 1. The molecule has 0 spiro atoms. The van der Waals surface area contributed by atoms with Gasteiger partial charge in [0.25, 0.3) is 17.5 Å². The number of nitrogens with zero attached hydrogens (tertiary/aromatic N) is 2. The molecular formula is C18H15N3O5. The number of carbonyl (C=O) groups is 2. The molecule has 3 rings (SSSR count). The number of ether oxygens (including phenoxy) is 1. The van der Waals surface area contributed by atoms with Gasteiger partial charge in [-0.1, -0.05) is 6.08 Å². The van der Waals surface area contributed by atoms with E-state index >= 15 is 0 Å². The number of hydrogen-bond acceptors (Lipinski definition) is 5. The average molecular weight is 353 g/mol. The van der Waals surface area contributed by atoms with Gasteiger partial charge < -0.3 is 15.0 Å². The minimum atomic E-state index is -0.529. The molecule has 8 nitrogen and oxygen atoms in total. The third kappa shape index (κ3) is 3.39. The fourth-order valence-corrected chi connectivity index (χ4v) is 2.55. The third-order valence-electron chi connectivity index (χ3n) is 3.81. The minimum Gasteiger partial charge on any atom is -0.481 e. The Labute approximate surface area is 148 Å². The number of rotatable bonds is 5. The molecule has 0 aliphatic carbocycles. The Kier molecular flexibility index (Phi) is 4.66. The molecule has 0 saturated carbocycles. The molecule has 0 aromatic heterocycles. The lowest BCUT2D eigenvalue weighted by Gasteiger charge is -2.28. The van der Waals surface area contributed by atoms with E-state index in [1.165, 1.54) is 24.3 Å². The summed E-state index contributed by atoms with van der Waals surface area (Å²) in [4.78, 5) is 35.9. The van der Waals surface area contributed by atoms with Gasteiger partial charge in [0.1, 0.15) is 5.75 Å². The van der Waals surface area contributed by atoms with Crippen molar-refractivity contribution in [2.24, 2.45) is 0 Å². The van der Waals surface area contributed by atoms with Gasteiger partial charge in [0.15, 0.2) is 6.61 Å². The summed E-state index contributed by atoms with van der Waals surface area (Å²) in [5.74, 6) is -0.0947. The maximum absolute atomic E-state index is 12.3. The molecule has 2 aromatic carbocycles. The number of nitro benzene ring substituents is 1. The van der Waals surface area contributed by atoms with Crippen molar-refractivity contribution in [3.05, 3.63) is 70.8 Å². The molecule has 0 radical (unpaired) electrons. The van der Waals surface area contributed by atoms with E-state index in [4.69, 9.17) is 4.74 Å². The van der Waals surface area contributed by atoms with Crippen molar-refractivity contribution in [3.8, 4) is 5.75 Å². The van der Waals surface area contributed by atoms with E-state index in [0.717, 1.165) is 0 Å². The van der Waals surface area contributed by atoms with E-state index in [0.29, 0.717) is 23.7 Å². The summed E-state index contributed by atoms with van der Waals surface area (Å²) in [5.41, 5.74) is 1.29. The Morgan fingerprint density at radius 1 is 1.31 bits per heavy atom. The fourth-order valence-electron chi connectivity index (χ4n) is 2.55. The molecule has 1 aliphatic rings. The minimum absolute atomic E-state index is 0.0827. The molecule has 8 heteroatoms. The lowest BCUT2D eigenvalue weighted by molar-refractivity contribution is -0.384. The summed E-state index contributed by atoms with van der Waals surface area (Å²) >= 11 is 0. The zero-order valence-electron chi connectivity index (χ0n) is 13.7. The monoisotopic (exact) mass is 353 g/mol. The molecule has 2 amide bonds. The highest BCUT2D eigenvalue weighted by molar-refractivity contribution is 6.05. The van der Waals surface area contributed by atoms with E-state index in [2.05, 4.69) is 11.9 Å². The lowest BCUT2D eigenvalue weighted by atomic mass is 10.1. The largest absolute Gasteiger partial charge is 0.481 e. The molecule has 1 N–H and O–H groups in total. The Morgan fingerprint density at radius 2 is 2.04 bits per heavy atom. The van der Waals surface area contributed by atoms with Crippen molar-refractivity contribution in [1.29, 1.82) is 0 Å². The first-order valence-electron chi connectivity index (χ1n) is 7.73. The number of nitro groups is 1. The molecular weight excluding hydrogens is 338 g/mol. The summed E-state index contributed by atoms with van der Waals surface area (Å²) in [6, 6.07) is 10.3. The predicted octanol–water partition coefficient (Wildman–Crippen LogP) is 2.76. The molecule has 0 atom stereocenters. The van der Waals surface area contributed by atoms with Crippen LogP contribution in [0.15, 0.2) is 55.1 Å². The second kappa shape index (κ2) is 7.06. The van der Waals surface area contributed by atoms with Crippen LogP contribution in [0.25, 0.3) is 0 Å². The van der Waals surface area contributed by atoms with Gasteiger partial charge in [0.2, 0.25) is 0 Å². The van der Waals surface area contributed by atoms with Gasteiger partial charge in [-0.05, 0) is 24.3 Å². The summed E-state index contributed by atoms with van der Waals surface area (Å²) < 4.78 is 5.43. The highest BCUT2D eigenvalue weighted by atomic mass is 16.6. The number of amides is 2. The second-order valence-corrected chi connectivity index (χ2v) is 5.52. The van der Waals surface area contributed by atoms with Crippen LogP contribution in [0.5, 0.6) is 5.75 Å². The van der Waals surface area contributed by atoms with Crippen LogP contribution >= 0.6 is 0 Å². The molecule has 2 aromatic rings. The van der Waals surface area contributed by atoms with E-state index in [1.807, 2.05) is 0 Å². The van der Waals surface area contributed by atoms with Crippen molar-refractivity contribution in [3.63, 3.8) is 0 Å². The molecule has 0 unspecified atom stereocenters. The number of hydrogen-bond donors (Lipinski definition) is 1. The van der Waals surface area contributed by atoms with E-state index in [-0.39, 0.29) is 23.8 Å². The van der Waals surface area contributed by atoms with E-state index in [1.54, 1.807) is 29.2 Å². The van der Waals surface area contributed by atoms with Gasteiger partial charge in [0.05, 0.1) is 10.6 Å². The van der Waals surface area contributed by atoms with Crippen molar-refractivity contribution < 1.29 is 19.2 Å². The highest BCUT2D eigenvalue weighted by Gasteiger charge is 2.24. The third-order valence-corrected chi connectivity index (χ3v) is 3.81. The van der Waals surface area contributed by atoms with Crippen molar-refractivity contribution in [1.82, 2.24) is 0 Å². The van der Waals surface area contributed by atoms with Crippen LogP contribution in [0, 0.1) is 10.1 Å². The zero-order chi connectivity index (χ0) is 18.7. The summed E-state index contributed by atoms with van der Waals surface area (Å²) in [7, 11) is 0. The second-order valence-electron chi connectivity index (χ2n) is 5.52. The summed E-state index contributed by atoms with van der Waals surface area (Å²) in [6.45, 7) is 3.92. The van der Waals surface area contributed by atoms with Crippen LogP contribution in [0.1, 0.15) is 10.4 Å². The molecule has 26 heavy (non-hydrogen) atoms. The van der Waals surface area contributed by atoms with Gasteiger partial charge in [-0.3, -0.25) is 19.7 Å². The average Bonchev–Trinajstić information content (AvgIpc) is 2.64. The Balaban J connectivity index is 1.78. The van der Waals surface area contributed by atoms with Gasteiger partial charge in [-0.2, -0.15) is 0 Å². The Bertz CT molecular complexity index is 892. The van der Waals surface area contributed by atoms with Gasteiger partial charge >= 0.3 is 0 Å². The van der Waals surface area contributed by atoms with Crippen molar-refractivity contribution in [2.75, 3.05) is 23.4 Å². The van der Waals surface area contributed by atoms with Crippen LogP contribution < -0.4 is 15.0 Å². The first kappa shape index (κ1) is 17.2. The first-order chi connectivity index (χ1) is 12.5. The Hall–Kier alpha value is -3.68. The Morgan fingerprint density at radius 3 is 2.69 bits per heavy atom. The number of carbonyl (C=O) groups excluding carboxylic acids is 2. The maximum Gasteiger partial charge on any atom is 0.269 e. The van der Waals surface area contributed by atoms with Crippen LogP contribution in [-0.2, 0) is 4.79 Å². The molecule has 132 valence electrons. The van der Waals surface area contributed by atoms with Crippen molar-refractivity contribution >= 4 is 28.9 Å². The summed E-state index contributed by atoms with van der Waals surface area (Å²) in [6.07, 6.45) is 1.62. The van der Waals surface area contributed by atoms with Crippen LogP contribution in [0.3, 0.4) is 0 Å². The van der Waals surface area contributed by atoms with Gasteiger partial charge in [-0.15, -0.1) is 6.58 Å². The normalized spacial score (nSPS) is 12.8. The molecule has 0 saturated heterocycles. The SMILES string of the molecule is C=CCN1C(=O)COc2cc(NC(=O)c3ccc([N+](=O)[O-])cc3)ccc21. The zero-order valence-corrected chi connectivity index (χ0v) is 13.7. The van der Waals surface area contributed by atoms with E-state index in [9.17, 15) is 19.7 Å². The maximum atomic E-state index is 12.3. The highest BCUT2D eigenvalue weighted by Crippen LogP contribution is 2.34. The number of non-ortho nitro benzene ring substituents is 1. The smallest absolute Gasteiger partial charge is 0.269 e. The molecule has 0 fully saturated rings. The first-order valence-corrected chi connectivity index (χ1v) is 7.73. The number of nitrogens with one attached hydrogen (secondary N) is 1. The molecule has 1 aliphatic heterocycles. The number of anilines is 2. The fraction of sp³-hybridized carbons (Fsp3) is 0.111. The van der Waals surface area contributed by atoms with Gasteiger partial charge in [0, 0.05) is 36.0 Å². The van der Waals surface area contributed by atoms with Crippen LogP contribution in [0.4, 0.5) is 17.1 Å². The quantitative estimate of drug-likeness (QED) is 0.506. The predicted molar refractivity (Wildman–Crippen MR) is 95.5 cm³/mol. The molecule has 1 heterocycles. The van der Waals surface area contributed by atoms with Gasteiger partial charge in [-0.25, -0.2) is 0 Å².